The number of amides is 1. The Morgan fingerprint density at radius 2 is 1.78 bits per heavy atom. The molecule has 0 spiro atoms. The predicted molar refractivity (Wildman–Crippen MR) is 101 cm³/mol. The Labute approximate surface area is 156 Å². The van der Waals surface area contributed by atoms with Crippen molar-refractivity contribution in [2.45, 2.75) is 39.7 Å². The first-order valence-electron chi connectivity index (χ1n) is 9.12. The van der Waals surface area contributed by atoms with E-state index in [1.807, 2.05) is 30.9 Å². The molecule has 3 heterocycles. The number of aromatic amines is 1. The maximum Gasteiger partial charge on any atom is 0.281 e. The van der Waals surface area contributed by atoms with Gasteiger partial charge in [0.05, 0.1) is 6.04 Å². The zero-order valence-electron chi connectivity index (χ0n) is 15.7. The molecule has 2 aromatic heterocycles. The van der Waals surface area contributed by atoms with Gasteiger partial charge in [-0.1, -0.05) is 22.4 Å². The lowest BCUT2D eigenvalue weighted by molar-refractivity contribution is 0.0690. The first kappa shape index (κ1) is 17.4. The van der Waals surface area contributed by atoms with Crippen LogP contribution < -0.4 is 5.56 Å². The van der Waals surface area contributed by atoms with Crippen LogP contribution in [0.5, 0.6) is 0 Å². The van der Waals surface area contributed by atoms with Crippen LogP contribution in [0.4, 0.5) is 0 Å². The molecular formula is C19H22N6O2. The number of nitrogens with zero attached hydrogens (tertiary/aromatic N) is 5. The van der Waals surface area contributed by atoms with Crippen molar-refractivity contribution in [1.82, 2.24) is 29.9 Å². The quantitative estimate of drug-likeness (QED) is 0.747. The van der Waals surface area contributed by atoms with E-state index >= 15 is 0 Å². The summed E-state index contributed by atoms with van der Waals surface area (Å²) in [6.07, 6.45) is 1.51. The summed E-state index contributed by atoms with van der Waals surface area (Å²) in [6, 6.07) is 6.01. The van der Waals surface area contributed by atoms with Gasteiger partial charge < -0.3 is 9.88 Å². The summed E-state index contributed by atoms with van der Waals surface area (Å²) in [5.41, 5.74) is 3.42. The molecule has 3 aromatic rings. The van der Waals surface area contributed by atoms with Crippen LogP contribution in [0.3, 0.4) is 0 Å². The van der Waals surface area contributed by atoms with Gasteiger partial charge in [-0.05, 0) is 45.7 Å². The van der Waals surface area contributed by atoms with E-state index in [0.717, 1.165) is 29.5 Å². The van der Waals surface area contributed by atoms with Gasteiger partial charge in [-0.2, -0.15) is 0 Å². The molecule has 1 saturated heterocycles. The number of hydrogen-bond acceptors (Lipinski definition) is 5. The molecule has 8 nitrogen and oxygen atoms in total. The van der Waals surface area contributed by atoms with Crippen molar-refractivity contribution in [1.29, 1.82) is 0 Å². The molecule has 4 rings (SSSR count). The molecule has 0 unspecified atom stereocenters. The summed E-state index contributed by atoms with van der Waals surface area (Å²) in [5, 5.41) is 8.13. The second-order valence-corrected chi connectivity index (χ2v) is 7.26. The molecule has 0 radical (unpaired) electrons. The van der Waals surface area contributed by atoms with Crippen molar-refractivity contribution in [3.63, 3.8) is 0 Å². The Morgan fingerprint density at radius 1 is 1.11 bits per heavy atom. The van der Waals surface area contributed by atoms with E-state index in [2.05, 4.69) is 26.3 Å². The van der Waals surface area contributed by atoms with Crippen molar-refractivity contribution in [3.8, 4) is 0 Å². The van der Waals surface area contributed by atoms with Crippen LogP contribution in [0.2, 0.25) is 0 Å². The summed E-state index contributed by atoms with van der Waals surface area (Å²) >= 11 is 0. The van der Waals surface area contributed by atoms with Gasteiger partial charge in [-0.3, -0.25) is 9.59 Å². The van der Waals surface area contributed by atoms with Gasteiger partial charge >= 0.3 is 0 Å². The summed E-state index contributed by atoms with van der Waals surface area (Å²) < 4.78 is 1.73. The van der Waals surface area contributed by atoms with E-state index in [4.69, 9.17) is 0 Å². The number of H-pyrrole nitrogens is 1. The molecule has 1 aliphatic rings. The summed E-state index contributed by atoms with van der Waals surface area (Å²) in [7, 11) is 0. The summed E-state index contributed by atoms with van der Waals surface area (Å²) in [5.74, 6) is 0.604. The third-order valence-corrected chi connectivity index (χ3v) is 5.02. The van der Waals surface area contributed by atoms with Crippen molar-refractivity contribution >= 4 is 17.1 Å². The number of carbonyl (C=O) groups excluding carboxylic acids is 1. The topological polar surface area (TPSA) is 96.8 Å². The van der Waals surface area contributed by atoms with Gasteiger partial charge in [0, 0.05) is 18.7 Å². The molecule has 27 heavy (non-hydrogen) atoms. The number of benzene rings is 1. The SMILES string of the molecule is Cc1cc(C)cc(C(=O)N2CCC(n3nnc4c(=O)[nH]c(C)nc43)CC2)c1. The Hall–Kier alpha value is -3.03. The average molecular weight is 366 g/mol. The number of likely N-dealkylation sites (tertiary alicyclic amines) is 1. The molecule has 0 aliphatic carbocycles. The minimum atomic E-state index is -0.272. The fraction of sp³-hybridized carbons (Fsp3) is 0.421. The first-order valence-corrected chi connectivity index (χ1v) is 9.12. The lowest BCUT2D eigenvalue weighted by Gasteiger charge is -2.32. The second kappa shape index (κ2) is 6.61. The lowest BCUT2D eigenvalue weighted by Crippen LogP contribution is -2.39. The zero-order valence-corrected chi connectivity index (χ0v) is 15.7. The monoisotopic (exact) mass is 366 g/mol. The molecule has 1 aromatic carbocycles. The van der Waals surface area contributed by atoms with E-state index in [9.17, 15) is 9.59 Å². The number of fused-ring (bicyclic) bond motifs is 1. The standard InChI is InChI=1S/C19H22N6O2/c1-11-8-12(2)10-14(9-11)19(27)24-6-4-15(5-7-24)25-17-16(22-23-25)18(26)21-13(3)20-17/h8-10,15H,4-7H2,1-3H3,(H,20,21,26). The van der Waals surface area contributed by atoms with E-state index in [0.29, 0.717) is 24.6 Å². The number of aryl methyl sites for hydroxylation is 3. The fourth-order valence-corrected chi connectivity index (χ4v) is 3.79. The molecule has 140 valence electrons. The molecule has 8 heteroatoms. The van der Waals surface area contributed by atoms with Crippen molar-refractivity contribution in [3.05, 3.63) is 51.1 Å². The molecular weight excluding hydrogens is 344 g/mol. The van der Waals surface area contributed by atoms with E-state index in [1.165, 1.54) is 0 Å². The largest absolute Gasteiger partial charge is 0.338 e. The molecule has 0 atom stereocenters. The third-order valence-electron chi connectivity index (χ3n) is 5.02. The lowest BCUT2D eigenvalue weighted by atomic mass is 10.0. The van der Waals surface area contributed by atoms with Crippen molar-refractivity contribution in [2.75, 3.05) is 13.1 Å². The number of hydrogen-bond donors (Lipinski definition) is 1. The number of piperidine rings is 1. The molecule has 1 N–H and O–H groups in total. The van der Waals surface area contributed by atoms with Gasteiger partial charge in [0.15, 0.2) is 11.2 Å². The molecule has 1 fully saturated rings. The minimum absolute atomic E-state index is 0.0640. The maximum absolute atomic E-state index is 12.8. The van der Waals surface area contributed by atoms with E-state index in [1.54, 1.807) is 11.6 Å². The molecule has 1 amide bonds. The van der Waals surface area contributed by atoms with Crippen LogP contribution in [0.25, 0.3) is 11.2 Å². The van der Waals surface area contributed by atoms with E-state index in [-0.39, 0.29) is 23.0 Å². The minimum Gasteiger partial charge on any atom is -0.338 e. The highest BCUT2D eigenvalue weighted by Crippen LogP contribution is 2.25. The Kier molecular flexibility index (Phi) is 4.25. The second-order valence-electron chi connectivity index (χ2n) is 7.26. The Bertz CT molecular complexity index is 1060. The van der Waals surface area contributed by atoms with E-state index < -0.39 is 0 Å². The highest BCUT2D eigenvalue weighted by Gasteiger charge is 2.27. The predicted octanol–water partition coefficient (Wildman–Crippen LogP) is 1.92. The maximum atomic E-state index is 12.8. The van der Waals surface area contributed by atoms with Crippen LogP contribution in [-0.2, 0) is 0 Å². The number of carbonyl (C=O) groups is 1. The third kappa shape index (κ3) is 3.22. The first-order chi connectivity index (χ1) is 12.9. The smallest absolute Gasteiger partial charge is 0.281 e. The van der Waals surface area contributed by atoms with Gasteiger partial charge in [0.1, 0.15) is 5.82 Å². The number of aromatic nitrogens is 5. The Balaban J connectivity index is 1.52. The average Bonchev–Trinajstić information content (AvgIpc) is 3.04. The summed E-state index contributed by atoms with van der Waals surface area (Å²) in [4.78, 5) is 33.7. The molecule has 0 bridgehead atoms. The zero-order chi connectivity index (χ0) is 19.1. The van der Waals surface area contributed by atoms with Crippen LogP contribution in [0.15, 0.2) is 23.0 Å². The summed E-state index contributed by atoms with van der Waals surface area (Å²) in [6.45, 7) is 7.02. The van der Waals surface area contributed by atoms with Gasteiger partial charge in [0.25, 0.3) is 11.5 Å². The van der Waals surface area contributed by atoms with Crippen molar-refractivity contribution < 1.29 is 4.79 Å². The van der Waals surface area contributed by atoms with Gasteiger partial charge in [-0.15, -0.1) is 5.10 Å². The molecule has 1 aliphatic heterocycles. The van der Waals surface area contributed by atoms with Crippen LogP contribution in [0, 0.1) is 20.8 Å². The number of nitrogens with one attached hydrogen (secondary N) is 1. The van der Waals surface area contributed by atoms with Gasteiger partial charge in [-0.25, -0.2) is 9.67 Å². The van der Waals surface area contributed by atoms with Crippen LogP contribution in [0.1, 0.15) is 46.2 Å². The molecule has 0 saturated carbocycles. The van der Waals surface area contributed by atoms with Crippen molar-refractivity contribution in [2.24, 2.45) is 0 Å². The highest BCUT2D eigenvalue weighted by atomic mass is 16.2. The Morgan fingerprint density at radius 3 is 2.44 bits per heavy atom. The normalized spacial score (nSPS) is 15.4. The fourth-order valence-electron chi connectivity index (χ4n) is 3.79. The number of rotatable bonds is 2. The van der Waals surface area contributed by atoms with Gasteiger partial charge in [0.2, 0.25) is 0 Å². The van der Waals surface area contributed by atoms with Crippen LogP contribution >= 0.6 is 0 Å². The van der Waals surface area contributed by atoms with Crippen LogP contribution in [-0.4, -0.2) is 48.9 Å². The highest BCUT2D eigenvalue weighted by molar-refractivity contribution is 5.94.